The van der Waals surface area contributed by atoms with Crippen LogP contribution in [0.25, 0.3) is 0 Å². The van der Waals surface area contributed by atoms with Gasteiger partial charge in [-0.2, -0.15) is 0 Å². The highest BCUT2D eigenvalue weighted by Crippen LogP contribution is 2.37. The van der Waals surface area contributed by atoms with Crippen molar-refractivity contribution in [2.45, 2.75) is 38.2 Å². The molecule has 1 fully saturated rings. The van der Waals surface area contributed by atoms with E-state index in [1.165, 1.54) is 6.07 Å². The van der Waals surface area contributed by atoms with Crippen molar-refractivity contribution >= 4 is 39.2 Å². The molecule has 2 aliphatic rings. The van der Waals surface area contributed by atoms with E-state index in [1.54, 1.807) is 24.3 Å². The van der Waals surface area contributed by atoms with Gasteiger partial charge in [0.15, 0.2) is 11.6 Å². The Labute approximate surface area is 165 Å². The number of carbonyl (C=O) groups is 3. The van der Waals surface area contributed by atoms with Crippen LogP contribution in [0.3, 0.4) is 0 Å². The molecule has 138 valence electrons. The third kappa shape index (κ3) is 2.98. The number of hydrogen-bond donors (Lipinski definition) is 1. The van der Waals surface area contributed by atoms with Crippen LogP contribution in [0.15, 0.2) is 34.8 Å². The summed E-state index contributed by atoms with van der Waals surface area (Å²) in [6.45, 7) is 0. The predicted molar refractivity (Wildman–Crippen MR) is 104 cm³/mol. The number of benzene rings is 2. The number of hydrogen-bond acceptors (Lipinski definition) is 5. The number of rotatable bonds is 2. The molecule has 0 aromatic heterocycles. The lowest BCUT2D eigenvalue weighted by molar-refractivity contribution is 0.0212. The third-order valence-corrected chi connectivity index (χ3v) is 5.86. The zero-order valence-corrected chi connectivity index (χ0v) is 16.2. The molecule has 2 N–H and O–H groups in total. The summed E-state index contributed by atoms with van der Waals surface area (Å²) in [7, 11) is 0. The highest BCUT2D eigenvalue weighted by Gasteiger charge is 2.35. The van der Waals surface area contributed by atoms with Crippen molar-refractivity contribution in [3.8, 4) is 0 Å². The number of ketones is 2. The first kappa shape index (κ1) is 17.9. The molecule has 4 rings (SSSR count). The summed E-state index contributed by atoms with van der Waals surface area (Å²) < 4.78 is 5.97. The highest BCUT2D eigenvalue weighted by atomic mass is 79.9. The summed E-state index contributed by atoms with van der Waals surface area (Å²) >= 11 is 3.34. The smallest absolute Gasteiger partial charge is 0.340 e. The normalized spacial score (nSPS) is 16.6. The van der Waals surface area contributed by atoms with E-state index in [0.29, 0.717) is 15.6 Å². The van der Waals surface area contributed by atoms with Crippen LogP contribution in [0.2, 0.25) is 0 Å². The summed E-state index contributed by atoms with van der Waals surface area (Å²) in [4.78, 5) is 38.5. The second-order valence-electron chi connectivity index (χ2n) is 6.94. The van der Waals surface area contributed by atoms with E-state index in [-0.39, 0.29) is 40.0 Å². The minimum atomic E-state index is -0.554. The number of nitrogens with two attached hydrogens (primary N) is 1. The molecule has 0 aliphatic heterocycles. The van der Waals surface area contributed by atoms with Gasteiger partial charge in [-0.3, -0.25) is 9.59 Å². The van der Waals surface area contributed by atoms with Gasteiger partial charge in [0.05, 0.1) is 22.4 Å². The van der Waals surface area contributed by atoms with Gasteiger partial charge in [0.25, 0.3) is 0 Å². The summed E-state index contributed by atoms with van der Waals surface area (Å²) in [5.74, 6) is -1.20. The van der Waals surface area contributed by atoms with Crippen molar-refractivity contribution in [3.63, 3.8) is 0 Å². The maximum Gasteiger partial charge on any atom is 0.340 e. The molecule has 6 heteroatoms. The molecule has 2 aromatic rings. The second kappa shape index (κ2) is 6.93. The van der Waals surface area contributed by atoms with Crippen LogP contribution >= 0.6 is 15.9 Å². The lowest BCUT2D eigenvalue weighted by Crippen LogP contribution is -2.26. The van der Waals surface area contributed by atoms with E-state index in [1.807, 2.05) is 0 Å². The SMILES string of the molecule is Nc1c(C(=O)OC2CCCCC2)cc(Br)c2c1C(=O)c1ccccc1C2=O. The monoisotopic (exact) mass is 427 g/mol. The number of esters is 1. The van der Waals surface area contributed by atoms with Crippen LogP contribution in [0.4, 0.5) is 5.69 Å². The standard InChI is InChI=1S/C21H18BrNO4/c22-15-10-14(21(26)27-11-6-2-1-3-7-11)18(23)17-16(15)19(24)12-8-4-5-9-13(12)20(17)25/h4-5,8-11H,1-3,6-7,23H2. The third-order valence-electron chi connectivity index (χ3n) is 5.24. The number of anilines is 1. The zero-order valence-electron chi connectivity index (χ0n) is 14.6. The van der Waals surface area contributed by atoms with E-state index in [4.69, 9.17) is 10.5 Å². The quantitative estimate of drug-likeness (QED) is 0.486. The van der Waals surface area contributed by atoms with Gasteiger partial charge in [-0.1, -0.05) is 30.7 Å². The van der Waals surface area contributed by atoms with E-state index in [9.17, 15) is 14.4 Å². The number of fused-ring (bicyclic) bond motifs is 2. The van der Waals surface area contributed by atoms with Gasteiger partial charge in [-0.15, -0.1) is 0 Å². The summed E-state index contributed by atoms with van der Waals surface area (Å²) in [5, 5.41) is 0. The van der Waals surface area contributed by atoms with Crippen LogP contribution in [0.5, 0.6) is 0 Å². The largest absolute Gasteiger partial charge is 0.459 e. The predicted octanol–water partition coefficient (Wildman–Crippen LogP) is 4.30. The molecule has 0 bridgehead atoms. The first-order valence-electron chi connectivity index (χ1n) is 9.00. The van der Waals surface area contributed by atoms with E-state index >= 15 is 0 Å². The number of halogens is 1. The molecule has 27 heavy (non-hydrogen) atoms. The first-order valence-corrected chi connectivity index (χ1v) is 9.79. The minimum Gasteiger partial charge on any atom is -0.459 e. The average molecular weight is 428 g/mol. The Bertz CT molecular complexity index is 976. The molecule has 0 saturated heterocycles. The summed E-state index contributed by atoms with van der Waals surface area (Å²) in [6.07, 6.45) is 4.76. The van der Waals surface area contributed by atoms with Gasteiger partial charge in [0.2, 0.25) is 0 Å². The lowest BCUT2D eigenvalue weighted by Gasteiger charge is -2.24. The van der Waals surface area contributed by atoms with Gasteiger partial charge in [-0.05, 0) is 47.7 Å². The Balaban J connectivity index is 1.77. The highest BCUT2D eigenvalue weighted by molar-refractivity contribution is 9.10. The van der Waals surface area contributed by atoms with E-state index in [0.717, 1.165) is 32.1 Å². The molecule has 0 atom stereocenters. The van der Waals surface area contributed by atoms with Crippen molar-refractivity contribution in [1.82, 2.24) is 0 Å². The molecule has 0 heterocycles. The summed E-state index contributed by atoms with van der Waals surface area (Å²) in [5.41, 5.74) is 7.22. The van der Waals surface area contributed by atoms with Crippen LogP contribution < -0.4 is 5.73 Å². The second-order valence-corrected chi connectivity index (χ2v) is 7.79. The Morgan fingerprint density at radius 2 is 1.59 bits per heavy atom. The van der Waals surface area contributed by atoms with Crippen molar-refractivity contribution in [2.24, 2.45) is 0 Å². The van der Waals surface area contributed by atoms with Crippen molar-refractivity contribution < 1.29 is 19.1 Å². The minimum absolute atomic E-state index is 0.00172. The van der Waals surface area contributed by atoms with Crippen LogP contribution in [-0.2, 0) is 4.74 Å². The molecular formula is C21H18BrNO4. The fourth-order valence-corrected chi connectivity index (χ4v) is 4.45. The van der Waals surface area contributed by atoms with Gasteiger partial charge in [0.1, 0.15) is 6.10 Å². The molecule has 0 radical (unpaired) electrons. The number of ether oxygens (including phenoxy) is 1. The molecule has 5 nitrogen and oxygen atoms in total. The fraction of sp³-hybridized carbons (Fsp3) is 0.286. The maximum absolute atomic E-state index is 13.0. The van der Waals surface area contributed by atoms with Gasteiger partial charge in [0, 0.05) is 15.6 Å². The topological polar surface area (TPSA) is 86.5 Å². The van der Waals surface area contributed by atoms with Gasteiger partial charge < -0.3 is 10.5 Å². The average Bonchev–Trinajstić information content (AvgIpc) is 2.68. The van der Waals surface area contributed by atoms with Gasteiger partial charge >= 0.3 is 5.97 Å². The van der Waals surface area contributed by atoms with Crippen LogP contribution in [0.1, 0.15) is 74.3 Å². The molecule has 0 unspecified atom stereocenters. The molecular weight excluding hydrogens is 410 g/mol. The number of carbonyl (C=O) groups excluding carboxylic acids is 3. The Kier molecular flexibility index (Phi) is 4.60. The fourth-order valence-electron chi connectivity index (χ4n) is 3.84. The Hall–Kier alpha value is -2.47. The van der Waals surface area contributed by atoms with E-state index in [2.05, 4.69) is 15.9 Å². The van der Waals surface area contributed by atoms with Crippen LogP contribution in [-0.4, -0.2) is 23.6 Å². The summed E-state index contributed by atoms with van der Waals surface area (Å²) in [6, 6.07) is 8.10. The Morgan fingerprint density at radius 1 is 1.00 bits per heavy atom. The maximum atomic E-state index is 13.0. The number of nitrogen functional groups attached to an aromatic ring is 1. The zero-order chi connectivity index (χ0) is 19.1. The van der Waals surface area contributed by atoms with Crippen molar-refractivity contribution in [1.29, 1.82) is 0 Å². The first-order chi connectivity index (χ1) is 13.0. The lowest BCUT2D eigenvalue weighted by atomic mass is 9.82. The van der Waals surface area contributed by atoms with Gasteiger partial charge in [-0.25, -0.2) is 4.79 Å². The van der Waals surface area contributed by atoms with Crippen molar-refractivity contribution in [2.75, 3.05) is 5.73 Å². The molecule has 0 spiro atoms. The Morgan fingerprint density at radius 3 is 2.22 bits per heavy atom. The van der Waals surface area contributed by atoms with Crippen LogP contribution in [0, 0.1) is 0 Å². The molecule has 2 aromatic carbocycles. The van der Waals surface area contributed by atoms with Crippen molar-refractivity contribution in [3.05, 3.63) is 62.6 Å². The molecule has 1 saturated carbocycles. The molecule has 2 aliphatic carbocycles. The molecule has 0 amide bonds. The van der Waals surface area contributed by atoms with E-state index < -0.39 is 5.97 Å².